The third kappa shape index (κ3) is 3.23. The lowest BCUT2D eigenvalue weighted by Crippen LogP contribution is -1.96. The molecule has 0 aliphatic carbocycles. The number of benzene rings is 2. The molecule has 2 aromatic rings. The SMILES string of the molecule is N#C/C=C/c1ccccc1OCc1ccccc1. The molecule has 0 radical (unpaired) electrons. The lowest BCUT2D eigenvalue weighted by molar-refractivity contribution is 0.305. The van der Waals surface area contributed by atoms with Crippen LogP contribution in [0.25, 0.3) is 6.08 Å². The van der Waals surface area contributed by atoms with E-state index < -0.39 is 0 Å². The van der Waals surface area contributed by atoms with Gasteiger partial charge in [0, 0.05) is 11.6 Å². The lowest BCUT2D eigenvalue weighted by atomic mass is 10.2. The van der Waals surface area contributed by atoms with Crippen molar-refractivity contribution < 1.29 is 4.74 Å². The number of hydrogen-bond acceptors (Lipinski definition) is 2. The molecule has 0 amide bonds. The molecule has 0 heterocycles. The highest BCUT2D eigenvalue weighted by Gasteiger charge is 2.00. The molecule has 2 nitrogen and oxygen atoms in total. The van der Waals surface area contributed by atoms with Crippen molar-refractivity contribution in [3.05, 3.63) is 71.8 Å². The molecule has 2 rings (SSSR count). The van der Waals surface area contributed by atoms with E-state index in [2.05, 4.69) is 0 Å². The highest BCUT2D eigenvalue weighted by molar-refractivity contribution is 5.58. The van der Waals surface area contributed by atoms with Crippen LogP contribution in [0.3, 0.4) is 0 Å². The van der Waals surface area contributed by atoms with Gasteiger partial charge in [0.05, 0.1) is 6.07 Å². The first kappa shape index (κ1) is 11.9. The summed E-state index contributed by atoms with van der Waals surface area (Å²) in [5, 5.41) is 8.55. The van der Waals surface area contributed by atoms with Crippen LogP contribution in [0.15, 0.2) is 60.7 Å². The van der Waals surface area contributed by atoms with E-state index in [4.69, 9.17) is 10.00 Å². The maximum Gasteiger partial charge on any atom is 0.127 e. The van der Waals surface area contributed by atoms with Crippen molar-refractivity contribution >= 4 is 6.08 Å². The van der Waals surface area contributed by atoms with Crippen LogP contribution in [0.1, 0.15) is 11.1 Å². The molecule has 0 saturated heterocycles. The van der Waals surface area contributed by atoms with Gasteiger partial charge in [-0.3, -0.25) is 0 Å². The maximum atomic E-state index is 8.55. The van der Waals surface area contributed by atoms with Gasteiger partial charge in [0.2, 0.25) is 0 Å². The van der Waals surface area contributed by atoms with E-state index in [9.17, 15) is 0 Å². The zero-order chi connectivity index (χ0) is 12.6. The Morgan fingerprint density at radius 3 is 2.50 bits per heavy atom. The summed E-state index contributed by atoms with van der Waals surface area (Å²) in [6.45, 7) is 0.526. The van der Waals surface area contributed by atoms with Gasteiger partial charge in [0.1, 0.15) is 12.4 Å². The minimum Gasteiger partial charge on any atom is -0.488 e. The smallest absolute Gasteiger partial charge is 0.127 e. The molecular weight excluding hydrogens is 222 g/mol. The van der Waals surface area contributed by atoms with Crippen molar-refractivity contribution in [3.8, 4) is 11.8 Å². The standard InChI is InChI=1S/C16H13NO/c17-12-6-10-15-9-4-5-11-16(15)18-13-14-7-2-1-3-8-14/h1-11H,13H2/b10-6+. The summed E-state index contributed by atoms with van der Waals surface area (Å²) in [5.74, 6) is 0.785. The van der Waals surface area contributed by atoms with Gasteiger partial charge in [-0.05, 0) is 17.7 Å². The Hall–Kier alpha value is -2.53. The minimum atomic E-state index is 0.526. The van der Waals surface area contributed by atoms with Crippen molar-refractivity contribution in [1.82, 2.24) is 0 Å². The van der Waals surface area contributed by atoms with Gasteiger partial charge in [-0.25, -0.2) is 0 Å². The van der Waals surface area contributed by atoms with Crippen LogP contribution in [0.4, 0.5) is 0 Å². The molecule has 0 bridgehead atoms. The van der Waals surface area contributed by atoms with E-state index in [0.29, 0.717) is 6.61 Å². The Morgan fingerprint density at radius 1 is 1.00 bits per heavy atom. The van der Waals surface area contributed by atoms with Crippen molar-refractivity contribution in [2.45, 2.75) is 6.61 Å². The summed E-state index contributed by atoms with van der Waals surface area (Å²) < 4.78 is 5.76. The zero-order valence-corrected chi connectivity index (χ0v) is 9.91. The lowest BCUT2D eigenvalue weighted by Gasteiger charge is -2.08. The van der Waals surface area contributed by atoms with Crippen LogP contribution in [0, 0.1) is 11.3 Å². The molecule has 0 spiro atoms. The molecule has 0 aliphatic heterocycles. The van der Waals surface area contributed by atoms with Crippen LogP contribution < -0.4 is 4.74 Å². The van der Waals surface area contributed by atoms with Gasteiger partial charge in [-0.1, -0.05) is 48.5 Å². The molecule has 0 aliphatic rings. The molecule has 88 valence electrons. The molecule has 18 heavy (non-hydrogen) atoms. The van der Waals surface area contributed by atoms with Crippen molar-refractivity contribution in [1.29, 1.82) is 5.26 Å². The predicted molar refractivity (Wildman–Crippen MR) is 71.9 cm³/mol. The van der Waals surface area contributed by atoms with Crippen molar-refractivity contribution in [2.24, 2.45) is 0 Å². The number of ether oxygens (including phenoxy) is 1. The average molecular weight is 235 g/mol. The second-order valence-electron chi connectivity index (χ2n) is 3.77. The van der Waals surface area contributed by atoms with E-state index in [1.807, 2.05) is 60.7 Å². The highest BCUT2D eigenvalue weighted by Crippen LogP contribution is 2.20. The molecule has 0 atom stereocenters. The highest BCUT2D eigenvalue weighted by atomic mass is 16.5. The molecule has 2 aromatic carbocycles. The fourth-order valence-corrected chi connectivity index (χ4v) is 1.61. The van der Waals surface area contributed by atoms with Crippen molar-refractivity contribution in [3.63, 3.8) is 0 Å². The Labute approximate surface area is 107 Å². The van der Waals surface area contributed by atoms with Crippen molar-refractivity contribution in [2.75, 3.05) is 0 Å². The molecule has 0 unspecified atom stereocenters. The second kappa shape index (κ2) is 6.27. The third-order valence-electron chi connectivity index (χ3n) is 2.49. The second-order valence-corrected chi connectivity index (χ2v) is 3.77. The number of rotatable bonds is 4. The van der Waals surface area contributed by atoms with Crippen LogP contribution in [0.5, 0.6) is 5.75 Å². The minimum absolute atomic E-state index is 0.526. The van der Waals surface area contributed by atoms with E-state index in [-0.39, 0.29) is 0 Å². The topological polar surface area (TPSA) is 33.0 Å². The number of hydrogen-bond donors (Lipinski definition) is 0. The molecule has 0 fully saturated rings. The summed E-state index contributed by atoms with van der Waals surface area (Å²) in [6, 6.07) is 19.6. The first-order valence-electron chi connectivity index (χ1n) is 5.72. The Balaban J connectivity index is 2.10. The van der Waals surface area contributed by atoms with E-state index in [1.54, 1.807) is 6.08 Å². The maximum absolute atomic E-state index is 8.55. The number of allylic oxidation sites excluding steroid dienone is 1. The van der Waals surface area contributed by atoms with Crippen LogP contribution in [-0.2, 0) is 6.61 Å². The molecule has 0 saturated carbocycles. The largest absolute Gasteiger partial charge is 0.488 e. The first-order chi connectivity index (χ1) is 8.90. The molecular formula is C16H13NO. The predicted octanol–water partition coefficient (Wildman–Crippen LogP) is 3.80. The van der Waals surface area contributed by atoms with Gasteiger partial charge in [-0.15, -0.1) is 0 Å². The van der Waals surface area contributed by atoms with Gasteiger partial charge >= 0.3 is 0 Å². The zero-order valence-electron chi connectivity index (χ0n) is 9.91. The number of nitriles is 1. The Kier molecular flexibility index (Phi) is 4.16. The fraction of sp³-hybridized carbons (Fsp3) is 0.0625. The van der Waals surface area contributed by atoms with E-state index in [1.165, 1.54) is 6.08 Å². The summed E-state index contributed by atoms with van der Waals surface area (Å²) in [6.07, 6.45) is 3.20. The quantitative estimate of drug-likeness (QED) is 0.755. The summed E-state index contributed by atoms with van der Waals surface area (Å²) >= 11 is 0. The van der Waals surface area contributed by atoms with Gasteiger partial charge in [-0.2, -0.15) is 5.26 Å². The monoisotopic (exact) mass is 235 g/mol. The molecule has 2 heteroatoms. The molecule has 0 N–H and O–H groups in total. The van der Waals surface area contributed by atoms with Crippen LogP contribution in [0.2, 0.25) is 0 Å². The van der Waals surface area contributed by atoms with Gasteiger partial charge in [0.15, 0.2) is 0 Å². The van der Waals surface area contributed by atoms with Crippen LogP contribution >= 0.6 is 0 Å². The van der Waals surface area contributed by atoms with Gasteiger partial charge < -0.3 is 4.74 Å². The van der Waals surface area contributed by atoms with E-state index in [0.717, 1.165) is 16.9 Å². The summed E-state index contributed by atoms with van der Waals surface area (Å²) in [7, 11) is 0. The average Bonchev–Trinajstić information content (AvgIpc) is 2.45. The van der Waals surface area contributed by atoms with Crippen LogP contribution in [-0.4, -0.2) is 0 Å². The van der Waals surface area contributed by atoms with Gasteiger partial charge in [0.25, 0.3) is 0 Å². The number of para-hydroxylation sites is 1. The first-order valence-corrected chi connectivity index (χ1v) is 5.72. The Morgan fingerprint density at radius 2 is 1.72 bits per heavy atom. The number of nitrogens with zero attached hydrogens (tertiary/aromatic N) is 1. The Bertz CT molecular complexity index is 567. The fourth-order valence-electron chi connectivity index (χ4n) is 1.61. The summed E-state index contributed by atoms with van der Waals surface area (Å²) in [4.78, 5) is 0. The summed E-state index contributed by atoms with van der Waals surface area (Å²) in [5.41, 5.74) is 2.03. The normalized spacial score (nSPS) is 10.2. The third-order valence-corrected chi connectivity index (χ3v) is 2.49. The molecule has 0 aromatic heterocycles. The van der Waals surface area contributed by atoms with E-state index >= 15 is 0 Å².